The molecule has 0 aromatic carbocycles. The summed E-state index contributed by atoms with van der Waals surface area (Å²) in [4.78, 5) is 15.6. The molecule has 1 amide bonds. The first-order valence-electron chi connectivity index (χ1n) is 7.30. The van der Waals surface area contributed by atoms with Crippen LogP contribution in [0, 0.1) is 0 Å². The van der Waals surface area contributed by atoms with E-state index in [0.29, 0.717) is 12.6 Å². The molecule has 1 aliphatic heterocycles. The summed E-state index contributed by atoms with van der Waals surface area (Å²) >= 11 is 0. The van der Waals surface area contributed by atoms with Gasteiger partial charge >= 0.3 is 0 Å². The molecular formula is C14H25N5O. The number of likely N-dealkylation sites (N-methyl/N-ethyl adjacent to an activating group) is 1. The van der Waals surface area contributed by atoms with Gasteiger partial charge in [-0.25, -0.2) is 0 Å². The molecule has 1 aliphatic rings. The third-order valence-electron chi connectivity index (χ3n) is 3.77. The Hall–Kier alpha value is -1.56. The Balaban J connectivity index is 1.75. The third-order valence-corrected chi connectivity index (χ3v) is 3.77. The van der Waals surface area contributed by atoms with E-state index in [1.165, 1.54) is 0 Å². The lowest BCUT2D eigenvalue weighted by atomic mass is 10.0. The van der Waals surface area contributed by atoms with Gasteiger partial charge in [-0.3, -0.25) is 14.4 Å². The summed E-state index contributed by atoms with van der Waals surface area (Å²) in [5.41, 5.74) is 1.09. The smallest absolute Gasteiger partial charge is 0.236 e. The van der Waals surface area contributed by atoms with Crippen molar-refractivity contribution < 1.29 is 4.79 Å². The van der Waals surface area contributed by atoms with Crippen LogP contribution in [-0.4, -0.2) is 65.3 Å². The monoisotopic (exact) mass is 279 g/mol. The molecule has 20 heavy (non-hydrogen) atoms. The molecule has 112 valence electrons. The average Bonchev–Trinajstić information content (AvgIpc) is 2.88. The van der Waals surface area contributed by atoms with Gasteiger partial charge in [0, 0.05) is 46.0 Å². The van der Waals surface area contributed by atoms with E-state index in [4.69, 9.17) is 0 Å². The van der Waals surface area contributed by atoms with Crippen LogP contribution in [0.5, 0.6) is 0 Å². The van der Waals surface area contributed by atoms with E-state index in [1.807, 2.05) is 31.2 Å². The molecule has 0 aliphatic carbocycles. The van der Waals surface area contributed by atoms with E-state index in [1.54, 1.807) is 4.90 Å². The molecule has 1 fully saturated rings. The first-order valence-corrected chi connectivity index (χ1v) is 7.30. The van der Waals surface area contributed by atoms with Crippen LogP contribution >= 0.6 is 0 Å². The summed E-state index contributed by atoms with van der Waals surface area (Å²) in [6.07, 6.45) is 6.06. The average molecular weight is 279 g/mol. The number of carbonyl (C=O) groups is 1. The standard InChI is InChI=1S/C14H25N5O/c1-4-19-10-13(9-15-19)16-12-5-7-18(8-6-12)11-14(20)17(2)3/h9-10,12,16H,4-8,11H2,1-3H3. The van der Waals surface area contributed by atoms with Crippen LogP contribution in [0.4, 0.5) is 5.69 Å². The Morgan fingerprint density at radius 3 is 2.70 bits per heavy atom. The molecule has 1 aromatic rings. The largest absolute Gasteiger partial charge is 0.380 e. The minimum absolute atomic E-state index is 0.181. The molecule has 0 unspecified atom stereocenters. The third kappa shape index (κ3) is 3.96. The second-order valence-corrected chi connectivity index (χ2v) is 5.57. The normalized spacial score (nSPS) is 17.1. The number of likely N-dealkylation sites (tertiary alicyclic amines) is 1. The van der Waals surface area contributed by atoms with Crippen molar-refractivity contribution in [3.63, 3.8) is 0 Å². The summed E-state index contributed by atoms with van der Waals surface area (Å²) < 4.78 is 1.92. The summed E-state index contributed by atoms with van der Waals surface area (Å²) in [6, 6.07) is 0.482. The van der Waals surface area contributed by atoms with Gasteiger partial charge in [-0.05, 0) is 19.8 Å². The van der Waals surface area contributed by atoms with Crippen molar-refractivity contribution >= 4 is 11.6 Å². The van der Waals surface area contributed by atoms with Gasteiger partial charge in [0.05, 0.1) is 18.4 Å². The lowest BCUT2D eigenvalue weighted by Crippen LogP contribution is -2.43. The highest BCUT2D eigenvalue weighted by Gasteiger charge is 2.21. The van der Waals surface area contributed by atoms with E-state index < -0.39 is 0 Å². The van der Waals surface area contributed by atoms with Crippen molar-refractivity contribution in [3.05, 3.63) is 12.4 Å². The molecule has 1 saturated heterocycles. The number of hydrogen-bond acceptors (Lipinski definition) is 4. The molecule has 0 saturated carbocycles. The van der Waals surface area contributed by atoms with Crippen molar-refractivity contribution in [2.24, 2.45) is 0 Å². The molecule has 2 heterocycles. The van der Waals surface area contributed by atoms with E-state index >= 15 is 0 Å². The molecule has 0 spiro atoms. The van der Waals surface area contributed by atoms with Crippen LogP contribution in [0.3, 0.4) is 0 Å². The number of amides is 1. The first-order chi connectivity index (χ1) is 9.58. The van der Waals surface area contributed by atoms with Crippen molar-refractivity contribution in [2.75, 3.05) is 39.0 Å². The van der Waals surface area contributed by atoms with Crippen molar-refractivity contribution in [1.29, 1.82) is 0 Å². The van der Waals surface area contributed by atoms with Gasteiger partial charge in [-0.15, -0.1) is 0 Å². The zero-order valence-electron chi connectivity index (χ0n) is 12.7. The van der Waals surface area contributed by atoms with Gasteiger partial charge < -0.3 is 10.2 Å². The molecule has 0 radical (unpaired) electrons. The number of carbonyl (C=O) groups excluding carboxylic acids is 1. The van der Waals surface area contributed by atoms with E-state index in [9.17, 15) is 4.79 Å². The number of nitrogens with one attached hydrogen (secondary N) is 1. The quantitative estimate of drug-likeness (QED) is 0.869. The van der Waals surface area contributed by atoms with E-state index in [2.05, 4.69) is 22.2 Å². The van der Waals surface area contributed by atoms with Crippen LogP contribution in [0.1, 0.15) is 19.8 Å². The fourth-order valence-electron chi connectivity index (χ4n) is 2.41. The minimum atomic E-state index is 0.181. The highest BCUT2D eigenvalue weighted by Crippen LogP contribution is 2.16. The molecule has 6 nitrogen and oxygen atoms in total. The fourth-order valence-corrected chi connectivity index (χ4v) is 2.41. The summed E-state index contributed by atoms with van der Waals surface area (Å²) in [6.45, 7) is 5.45. The Morgan fingerprint density at radius 2 is 2.15 bits per heavy atom. The molecular weight excluding hydrogens is 254 g/mol. The maximum Gasteiger partial charge on any atom is 0.236 e. The SMILES string of the molecule is CCn1cc(NC2CCN(CC(=O)N(C)C)CC2)cn1. The second-order valence-electron chi connectivity index (χ2n) is 5.57. The summed E-state index contributed by atoms with van der Waals surface area (Å²) in [5, 5.41) is 7.79. The topological polar surface area (TPSA) is 53.4 Å². The van der Waals surface area contributed by atoms with Crippen LogP contribution in [-0.2, 0) is 11.3 Å². The number of hydrogen-bond donors (Lipinski definition) is 1. The number of rotatable bonds is 5. The van der Waals surface area contributed by atoms with Gasteiger partial charge in [0.25, 0.3) is 0 Å². The van der Waals surface area contributed by atoms with Crippen molar-refractivity contribution in [3.8, 4) is 0 Å². The fraction of sp³-hybridized carbons (Fsp3) is 0.714. The molecule has 2 rings (SSSR count). The van der Waals surface area contributed by atoms with Gasteiger partial charge in [0.15, 0.2) is 0 Å². The number of piperidine rings is 1. The van der Waals surface area contributed by atoms with Crippen LogP contribution in [0.2, 0.25) is 0 Å². The minimum Gasteiger partial charge on any atom is -0.380 e. The van der Waals surface area contributed by atoms with Gasteiger partial charge in [-0.2, -0.15) is 5.10 Å². The van der Waals surface area contributed by atoms with Crippen LogP contribution in [0.15, 0.2) is 12.4 Å². The van der Waals surface area contributed by atoms with Crippen molar-refractivity contribution in [1.82, 2.24) is 19.6 Å². The maximum atomic E-state index is 11.7. The summed E-state index contributed by atoms with van der Waals surface area (Å²) in [5.74, 6) is 0.181. The van der Waals surface area contributed by atoms with Gasteiger partial charge in [0.1, 0.15) is 0 Å². The molecule has 1 aromatic heterocycles. The zero-order chi connectivity index (χ0) is 14.5. The first kappa shape index (κ1) is 14.8. The Morgan fingerprint density at radius 1 is 1.45 bits per heavy atom. The molecule has 1 N–H and O–H groups in total. The van der Waals surface area contributed by atoms with Crippen LogP contribution in [0.25, 0.3) is 0 Å². The Kier molecular flexibility index (Phi) is 5.00. The molecule has 6 heteroatoms. The number of aryl methyl sites for hydroxylation is 1. The van der Waals surface area contributed by atoms with Crippen LogP contribution < -0.4 is 5.32 Å². The Labute approximate surface area is 120 Å². The lowest BCUT2D eigenvalue weighted by molar-refractivity contribution is -0.130. The Bertz CT molecular complexity index is 435. The van der Waals surface area contributed by atoms with Gasteiger partial charge in [-0.1, -0.05) is 0 Å². The predicted octanol–water partition coefficient (Wildman–Crippen LogP) is 0.868. The maximum absolute atomic E-state index is 11.7. The molecule has 0 atom stereocenters. The number of nitrogens with zero attached hydrogens (tertiary/aromatic N) is 4. The lowest BCUT2D eigenvalue weighted by Gasteiger charge is -2.32. The molecule has 0 bridgehead atoms. The van der Waals surface area contributed by atoms with Crippen molar-refractivity contribution in [2.45, 2.75) is 32.4 Å². The zero-order valence-corrected chi connectivity index (χ0v) is 12.7. The van der Waals surface area contributed by atoms with Gasteiger partial charge in [0.2, 0.25) is 5.91 Å². The highest BCUT2D eigenvalue weighted by atomic mass is 16.2. The number of aromatic nitrogens is 2. The van der Waals surface area contributed by atoms with E-state index in [0.717, 1.165) is 38.2 Å². The highest BCUT2D eigenvalue weighted by molar-refractivity contribution is 5.77. The second kappa shape index (κ2) is 6.74. The van der Waals surface area contributed by atoms with E-state index in [-0.39, 0.29) is 5.91 Å². The summed E-state index contributed by atoms with van der Waals surface area (Å²) in [7, 11) is 3.62. The number of anilines is 1. The predicted molar refractivity (Wildman–Crippen MR) is 79.7 cm³/mol.